The van der Waals surface area contributed by atoms with Crippen LogP contribution in [-0.4, -0.2) is 61.2 Å². The molecule has 5 rings (SSSR count). The van der Waals surface area contributed by atoms with Crippen molar-refractivity contribution < 1.29 is 14.3 Å². The first-order valence-electron chi connectivity index (χ1n) is 11.1. The molecule has 10 nitrogen and oxygen atoms in total. The van der Waals surface area contributed by atoms with Crippen LogP contribution in [0, 0.1) is 5.41 Å². The zero-order valence-electron chi connectivity index (χ0n) is 18.3. The number of pyridine rings is 1. The van der Waals surface area contributed by atoms with Gasteiger partial charge in [-0.25, -0.2) is 9.78 Å². The van der Waals surface area contributed by atoms with Gasteiger partial charge in [-0.2, -0.15) is 4.68 Å². The summed E-state index contributed by atoms with van der Waals surface area (Å²) in [6, 6.07) is 4.44. The number of cyclic esters (lactones) is 1. The van der Waals surface area contributed by atoms with Gasteiger partial charge in [-0.15, -0.1) is 5.10 Å². The van der Waals surface area contributed by atoms with E-state index in [0.717, 1.165) is 43.4 Å². The second-order valence-electron chi connectivity index (χ2n) is 9.00. The van der Waals surface area contributed by atoms with E-state index in [1.807, 2.05) is 18.3 Å². The molecule has 32 heavy (non-hydrogen) atoms. The van der Waals surface area contributed by atoms with E-state index in [1.54, 1.807) is 11.8 Å². The van der Waals surface area contributed by atoms with Crippen LogP contribution in [0.4, 0.5) is 0 Å². The highest BCUT2D eigenvalue weighted by molar-refractivity contribution is 5.94. The molecule has 0 bridgehead atoms. The molecule has 1 amide bonds. The van der Waals surface area contributed by atoms with E-state index >= 15 is 0 Å². The van der Waals surface area contributed by atoms with Crippen LogP contribution in [0.2, 0.25) is 0 Å². The molecule has 0 radical (unpaired) electrons. The highest BCUT2D eigenvalue weighted by Gasteiger charge is 2.50. The number of tetrazole rings is 1. The highest BCUT2D eigenvalue weighted by atomic mass is 16.5. The highest BCUT2D eigenvalue weighted by Crippen LogP contribution is 2.46. The van der Waals surface area contributed by atoms with Crippen LogP contribution in [0.5, 0.6) is 0 Å². The second-order valence-corrected chi connectivity index (χ2v) is 9.00. The van der Waals surface area contributed by atoms with Crippen LogP contribution in [-0.2, 0) is 14.3 Å². The van der Waals surface area contributed by atoms with E-state index in [4.69, 9.17) is 4.74 Å². The van der Waals surface area contributed by atoms with E-state index < -0.39 is 0 Å². The van der Waals surface area contributed by atoms with Gasteiger partial charge in [0.05, 0.1) is 16.7 Å². The lowest BCUT2D eigenvalue weighted by atomic mass is 9.71. The zero-order chi connectivity index (χ0) is 22.3. The fraction of sp³-hybridized carbons (Fsp3) is 0.545. The molecule has 3 aliphatic rings. The third-order valence-electron chi connectivity index (χ3n) is 7.20. The third kappa shape index (κ3) is 3.58. The SMILES string of the molecule is CC1=C(N2CCC3(CCC(N[C@@H](C)c4ccc(-n5cnnn5)nc4)CC3)C2=O)COC1=O. The Labute approximate surface area is 186 Å². The van der Waals surface area contributed by atoms with Gasteiger partial charge >= 0.3 is 5.97 Å². The number of carbonyl (C=O) groups is 2. The number of amides is 1. The van der Waals surface area contributed by atoms with Gasteiger partial charge in [0.2, 0.25) is 5.91 Å². The number of nitrogens with one attached hydrogen (secondary N) is 1. The lowest BCUT2D eigenvalue weighted by molar-refractivity contribution is -0.138. The minimum atomic E-state index is -0.309. The number of carbonyl (C=O) groups excluding carboxylic acids is 2. The standard InChI is InChI=1S/C22H27N7O3/c1-14-18(12-32-20(14)30)28-10-9-22(21(28)31)7-5-17(6-8-22)25-15(2)16-3-4-19(23-11-16)29-13-24-26-27-29/h3-4,11,13,15,17,25H,5-10,12H2,1-2H3/t15-,17?,22?/m0/s1. The Balaban J connectivity index is 1.18. The van der Waals surface area contributed by atoms with Gasteiger partial charge < -0.3 is 15.0 Å². The summed E-state index contributed by atoms with van der Waals surface area (Å²) in [7, 11) is 0. The summed E-state index contributed by atoms with van der Waals surface area (Å²) in [5.74, 6) is 0.532. The summed E-state index contributed by atoms with van der Waals surface area (Å²) >= 11 is 0. The molecule has 2 fully saturated rings. The number of ether oxygens (including phenoxy) is 1. The molecule has 2 aliphatic heterocycles. The number of hydrogen-bond donors (Lipinski definition) is 1. The lowest BCUT2D eigenvalue weighted by Gasteiger charge is -2.37. The van der Waals surface area contributed by atoms with Crippen molar-refractivity contribution in [3.63, 3.8) is 0 Å². The van der Waals surface area contributed by atoms with Gasteiger partial charge in [0.15, 0.2) is 5.82 Å². The van der Waals surface area contributed by atoms with Crippen molar-refractivity contribution in [3.05, 3.63) is 41.5 Å². The predicted molar refractivity (Wildman–Crippen MR) is 113 cm³/mol. The number of likely N-dealkylation sites (tertiary alicyclic amines) is 1. The van der Waals surface area contributed by atoms with Gasteiger partial charge in [-0.3, -0.25) is 4.79 Å². The summed E-state index contributed by atoms with van der Waals surface area (Å²) in [6.07, 6.45) is 7.85. The minimum absolute atomic E-state index is 0.148. The first kappa shape index (κ1) is 20.7. The Morgan fingerprint density at radius 2 is 2.03 bits per heavy atom. The molecule has 0 aromatic carbocycles. The Morgan fingerprint density at radius 3 is 2.66 bits per heavy atom. The van der Waals surface area contributed by atoms with Crippen LogP contribution < -0.4 is 5.32 Å². The molecule has 1 atom stereocenters. The number of nitrogens with zero attached hydrogens (tertiary/aromatic N) is 6. The van der Waals surface area contributed by atoms with Gasteiger partial charge in [0.25, 0.3) is 0 Å². The maximum atomic E-state index is 13.3. The van der Waals surface area contributed by atoms with Crippen LogP contribution >= 0.6 is 0 Å². The van der Waals surface area contributed by atoms with Crippen molar-refractivity contribution in [2.75, 3.05) is 13.2 Å². The van der Waals surface area contributed by atoms with E-state index in [-0.39, 0.29) is 29.9 Å². The Bertz CT molecular complexity index is 1040. The van der Waals surface area contributed by atoms with Gasteiger partial charge in [0.1, 0.15) is 12.9 Å². The predicted octanol–water partition coefficient (Wildman–Crippen LogP) is 1.70. The van der Waals surface area contributed by atoms with Crippen molar-refractivity contribution >= 4 is 11.9 Å². The van der Waals surface area contributed by atoms with Crippen LogP contribution in [0.15, 0.2) is 35.9 Å². The summed E-state index contributed by atoms with van der Waals surface area (Å²) in [6.45, 7) is 4.77. The van der Waals surface area contributed by atoms with Gasteiger partial charge in [0, 0.05) is 24.8 Å². The molecule has 4 heterocycles. The molecule has 1 saturated carbocycles. The quantitative estimate of drug-likeness (QED) is 0.703. The third-order valence-corrected chi connectivity index (χ3v) is 7.20. The van der Waals surface area contributed by atoms with Crippen molar-refractivity contribution in [2.45, 2.75) is 58.0 Å². The van der Waals surface area contributed by atoms with E-state index in [9.17, 15) is 9.59 Å². The molecule has 1 N–H and O–H groups in total. The first-order chi connectivity index (χ1) is 15.5. The van der Waals surface area contributed by atoms with Crippen LogP contribution in [0.25, 0.3) is 5.82 Å². The van der Waals surface area contributed by atoms with Crippen LogP contribution in [0.3, 0.4) is 0 Å². The molecule has 1 saturated heterocycles. The lowest BCUT2D eigenvalue weighted by Crippen LogP contribution is -2.42. The Morgan fingerprint density at radius 1 is 1.22 bits per heavy atom. The normalized spacial score (nSPS) is 26.8. The molecular weight excluding hydrogens is 410 g/mol. The monoisotopic (exact) mass is 437 g/mol. The van der Waals surface area contributed by atoms with Crippen molar-refractivity contribution in [2.24, 2.45) is 5.41 Å². The molecule has 2 aromatic rings. The van der Waals surface area contributed by atoms with E-state index in [1.165, 1.54) is 11.0 Å². The summed E-state index contributed by atoms with van der Waals surface area (Å²) in [5, 5.41) is 14.8. The molecule has 1 aliphatic carbocycles. The fourth-order valence-electron chi connectivity index (χ4n) is 5.13. The minimum Gasteiger partial charge on any atom is -0.456 e. The molecule has 0 unspecified atom stereocenters. The molecule has 1 spiro atoms. The Hall–Kier alpha value is -3.14. The summed E-state index contributed by atoms with van der Waals surface area (Å²) < 4.78 is 6.64. The molecule has 2 aromatic heterocycles. The number of rotatable bonds is 5. The zero-order valence-corrected chi connectivity index (χ0v) is 18.3. The summed E-state index contributed by atoms with van der Waals surface area (Å²) in [4.78, 5) is 31.3. The average molecular weight is 438 g/mol. The summed E-state index contributed by atoms with van der Waals surface area (Å²) in [5.41, 5.74) is 2.12. The number of hydrogen-bond acceptors (Lipinski definition) is 8. The van der Waals surface area contributed by atoms with Crippen molar-refractivity contribution in [1.29, 1.82) is 0 Å². The van der Waals surface area contributed by atoms with E-state index in [2.05, 4.69) is 32.7 Å². The van der Waals surface area contributed by atoms with Gasteiger partial charge in [-0.1, -0.05) is 6.07 Å². The first-order valence-corrected chi connectivity index (χ1v) is 11.1. The maximum absolute atomic E-state index is 13.3. The largest absolute Gasteiger partial charge is 0.456 e. The van der Waals surface area contributed by atoms with Crippen LogP contribution in [0.1, 0.15) is 57.6 Å². The van der Waals surface area contributed by atoms with Crippen molar-refractivity contribution in [3.8, 4) is 5.82 Å². The number of aromatic nitrogens is 5. The Kier molecular flexibility index (Phi) is 5.24. The maximum Gasteiger partial charge on any atom is 0.336 e. The molecular formula is C22H27N7O3. The fourth-order valence-corrected chi connectivity index (χ4v) is 5.13. The second kappa shape index (κ2) is 8.09. The molecule has 10 heteroatoms. The molecule has 168 valence electrons. The number of esters is 1. The smallest absolute Gasteiger partial charge is 0.336 e. The van der Waals surface area contributed by atoms with Gasteiger partial charge in [-0.05, 0) is 68.0 Å². The van der Waals surface area contributed by atoms with E-state index in [0.29, 0.717) is 24.0 Å². The van der Waals surface area contributed by atoms with Crippen molar-refractivity contribution in [1.82, 2.24) is 35.4 Å². The average Bonchev–Trinajstić information content (AvgIpc) is 3.53. The topological polar surface area (TPSA) is 115 Å².